The standard InChI is InChI=1S/C23H25N5O2S/c1-3-30-16-6-14-28-20-8-5-4-7-19(20)25-22(28)26-21(29)17-9-11-18(12-10-17)27-15-13-24-23(27)31-2/h4-5,7-13,15H,3,6,14,16H2,1-2H3,(H,25,26,29). The summed E-state index contributed by atoms with van der Waals surface area (Å²) in [5.41, 5.74) is 3.38. The quantitative estimate of drug-likeness (QED) is 0.307. The molecule has 2 aromatic carbocycles. The van der Waals surface area contributed by atoms with Gasteiger partial charge in [-0.1, -0.05) is 23.9 Å². The highest BCUT2D eigenvalue weighted by molar-refractivity contribution is 7.98. The normalized spacial score (nSPS) is 11.2. The number of aryl methyl sites for hydroxylation is 1. The van der Waals surface area contributed by atoms with Gasteiger partial charge in [-0.2, -0.15) is 0 Å². The number of nitrogens with one attached hydrogen (secondary N) is 1. The van der Waals surface area contributed by atoms with Gasteiger partial charge in [0.15, 0.2) is 5.16 Å². The van der Waals surface area contributed by atoms with Crippen LogP contribution in [0.25, 0.3) is 16.7 Å². The number of carbonyl (C=O) groups excluding carboxylic acids is 1. The van der Waals surface area contributed by atoms with Crippen molar-refractivity contribution in [3.63, 3.8) is 0 Å². The van der Waals surface area contributed by atoms with Crippen LogP contribution in [0.5, 0.6) is 0 Å². The van der Waals surface area contributed by atoms with Gasteiger partial charge in [0.1, 0.15) is 0 Å². The molecule has 2 aromatic heterocycles. The highest BCUT2D eigenvalue weighted by atomic mass is 32.2. The molecule has 4 aromatic rings. The summed E-state index contributed by atoms with van der Waals surface area (Å²) in [6.45, 7) is 4.07. The SMILES string of the molecule is CCOCCCn1c(NC(=O)c2ccc(-n3ccnc3SC)cc2)nc2ccccc21. The van der Waals surface area contributed by atoms with E-state index in [1.165, 1.54) is 0 Å². The number of imidazole rings is 2. The number of carbonyl (C=O) groups is 1. The van der Waals surface area contributed by atoms with Gasteiger partial charge in [-0.25, -0.2) is 9.97 Å². The van der Waals surface area contributed by atoms with Gasteiger partial charge in [-0.15, -0.1) is 0 Å². The Hall–Kier alpha value is -3.10. The fourth-order valence-corrected chi connectivity index (χ4v) is 3.98. The maximum atomic E-state index is 12.9. The molecule has 2 heterocycles. The molecule has 0 saturated heterocycles. The maximum Gasteiger partial charge on any atom is 0.257 e. The number of para-hydroxylation sites is 2. The molecular formula is C23H25N5O2S. The number of ether oxygens (including phenoxy) is 1. The van der Waals surface area contributed by atoms with Gasteiger partial charge in [0.05, 0.1) is 11.0 Å². The molecule has 31 heavy (non-hydrogen) atoms. The van der Waals surface area contributed by atoms with Crippen molar-refractivity contribution >= 4 is 34.7 Å². The molecule has 7 nitrogen and oxygen atoms in total. The number of aromatic nitrogens is 4. The Morgan fingerprint density at radius 2 is 1.97 bits per heavy atom. The van der Waals surface area contributed by atoms with Crippen LogP contribution in [-0.4, -0.2) is 44.5 Å². The lowest BCUT2D eigenvalue weighted by atomic mass is 10.2. The Labute approximate surface area is 185 Å². The third-order valence-electron chi connectivity index (χ3n) is 4.95. The summed E-state index contributed by atoms with van der Waals surface area (Å²) in [5, 5.41) is 3.88. The highest BCUT2D eigenvalue weighted by Crippen LogP contribution is 2.22. The number of thioether (sulfide) groups is 1. The van der Waals surface area contributed by atoms with E-state index >= 15 is 0 Å². The molecule has 8 heteroatoms. The Balaban J connectivity index is 1.54. The number of rotatable bonds is 9. The number of anilines is 1. The minimum absolute atomic E-state index is 0.191. The second-order valence-corrected chi connectivity index (χ2v) is 7.68. The number of fused-ring (bicyclic) bond motifs is 1. The van der Waals surface area contributed by atoms with E-state index in [0.717, 1.165) is 28.3 Å². The lowest BCUT2D eigenvalue weighted by Gasteiger charge is -2.11. The second-order valence-electron chi connectivity index (χ2n) is 6.91. The van der Waals surface area contributed by atoms with E-state index in [9.17, 15) is 4.79 Å². The van der Waals surface area contributed by atoms with Crippen LogP contribution >= 0.6 is 11.8 Å². The first-order valence-electron chi connectivity index (χ1n) is 10.2. The number of nitrogens with zero attached hydrogens (tertiary/aromatic N) is 4. The molecule has 0 aliphatic carbocycles. The summed E-state index contributed by atoms with van der Waals surface area (Å²) in [5.74, 6) is 0.356. The van der Waals surface area contributed by atoms with Gasteiger partial charge >= 0.3 is 0 Å². The molecule has 0 bridgehead atoms. The van der Waals surface area contributed by atoms with Crippen molar-refractivity contribution < 1.29 is 9.53 Å². The first-order chi connectivity index (χ1) is 15.2. The van der Waals surface area contributed by atoms with Gasteiger partial charge in [0, 0.05) is 43.4 Å². The lowest BCUT2D eigenvalue weighted by Crippen LogP contribution is -2.16. The van der Waals surface area contributed by atoms with E-state index in [4.69, 9.17) is 4.74 Å². The van der Waals surface area contributed by atoms with E-state index in [-0.39, 0.29) is 5.91 Å². The summed E-state index contributed by atoms with van der Waals surface area (Å²) in [6, 6.07) is 15.4. The molecule has 4 rings (SSSR count). The third kappa shape index (κ3) is 4.65. The van der Waals surface area contributed by atoms with Crippen LogP contribution in [0.4, 0.5) is 5.95 Å². The first-order valence-corrected chi connectivity index (χ1v) is 11.5. The molecule has 0 fully saturated rings. The molecule has 0 saturated carbocycles. The fraction of sp³-hybridized carbons (Fsp3) is 0.261. The van der Waals surface area contributed by atoms with Crippen molar-refractivity contribution in [3.05, 3.63) is 66.5 Å². The largest absolute Gasteiger partial charge is 0.382 e. The first kappa shape index (κ1) is 21.1. The monoisotopic (exact) mass is 435 g/mol. The molecule has 0 aliphatic rings. The van der Waals surface area contributed by atoms with Crippen molar-refractivity contribution in [2.24, 2.45) is 0 Å². The molecule has 0 radical (unpaired) electrons. The Bertz CT molecular complexity index is 1170. The van der Waals surface area contributed by atoms with Crippen molar-refractivity contribution in [1.82, 2.24) is 19.1 Å². The second kappa shape index (κ2) is 9.80. The number of benzene rings is 2. The van der Waals surface area contributed by atoms with Gasteiger partial charge in [0.25, 0.3) is 5.91 Å². The Morgan fingerprint density at radius 3 is 2.74 bits per heavy atom. The molecule has 0 atom stereocenters. The smallest absolute Gasteiger partial charge is 0.257 e. The summed E-state index contributed by atoms with van der Waals surface area (Å²) >= 11 is 1.57. The molecule has 160 valence electrons. The van der Waals surface area contributed by atoms with Gasteiger partial charge in [-0.05, 0) is 56.0 Å². The summed E-state index contributed by atoms with van der Waals surface area (Å²) in [6.07, 6.45) is 6.50. The van der Waals surface area contributed by atoms with E-state index in [1.54, 1.807) is 18.0 Å². The third-order valence-corrected chi connectivity index (χ3v) is 5.62. The van der Waals surface area contributed by atoms with Crippen LogP contribution in [0.1, 0.15) is 23.7 Å². The van der Waals surface area contributed by atoms with E-state index in [0.29, 0.717) is 31.3 Å². The van der Waals surface area contributed by atoms with Gasteiger partial charge < -0.3 is 9.30 Å². The average Bonchev–Trinajstić information content (AvgIpc) is 3.41. The van der Waals surface area contributed by atoms with E-state index < -0.39 is 0 Å². The highest BCUT2D eigenvalue weighted by Gasteiger charge is 2.14. The van der Waals surface area contributed by atoms with Crippen molar-refractivity contribution in [1.29, 1.82) is 0 Å². The van der Waals surface area contributed by atoms with E-state index in [1.807, 2.05) is 77.0 Å². The number of hydrogen-bond donors (Lipinski definition) is 1. The van der Waals surface area contributed by atoms with Crippen LogP contribution < -0.4 is 5.32 Å². The molecule has 0 unspecified atom stereocenters. The van der Waals surface area contributed by atoms with Crippen LogP contribution in [0.15, 0.2) is 66.1 Å². The minimum Gasteiger partial charge on any atom is -0.382 e. The maximum absolute atomic E-state index is 12.9. The average molecular weight is 436 g/mol. The van der Waals surface area contributed by atoms with Crippen LogP contribution in [0.3, 0.4) is 0 Å². The molecule has 0 spiro atoms. The fourth-order valence-electron chi connectivity index (χ4n) is 3.45. The Morgan fingerprint density at radius 1 is 1.16 bits per heavy atom. The number of hydrogen-bond acceptors (Lipinski definition) is 5. The topological polar surface area (TPSA) is 74.0 Å². The predicted octanol–water partition coefficient (Wildman–Crippen LogP) is 4.62. The summed E-state index contributed by atoms with van der Waals surface area (Å²) in [7, 11) is 0. The Kier molecular flexibility index (Phi) is 6.69. The summed E-state index contributed by atoms with van der Waals surface area (Å²) in [4.78, 5) is 21.9. The van der Waals surface area contributed by atoms with E-state index in [2.05, 4.69) is 15.3 Å². The predicted molar refractivity (Wildman–Crippen MR) is 124 cm³/mol. The van der Waals surface area contributed by atoms with Crippen molar-refractivity contribution in [2.75, 3.05) is 24.8 Å². The zero-order chi connectivity index (χ0) is 21.6. The van der Waals surface area contributed by atoms with Gasteiger partial charge in [-0.3, -0.25) is 14.7 Å². The van der Waals surface area contributed by atoms with Crippen molar-refractivity contribution in [3.8, 4) is 5.69 Å². The van der Waals surface area contributed by atoms with Crippen LogP contribution in [0, 0.1) is 0 Å². The zero-order valence-electron chi connectivity index (χ0n) is 17.6. The molecule has 1 N–H and O–H groups in total. The minimum atomic E-state index is -0.191. The number of amides is 1. The molecule has 1 amide bonds. The van der Waals surface area contributed by atoms with Gasteiger partial charge in [0.2, 0.25) is 5.95 Å². The molecule has 0 aliphatic heterocycles. The van der Waals surface area contributed by atoms with Crippen molar-refractivity contribution in [2.45, 2.75) is 25.0 Å². The van der Waals surface area contributed by atoms with Crippen LogP contribution in [0.2, 0.25) is 0 Å². The summed E-state index contributed by atoms with van der Waals surface area (Å²) < 4.78 is 9.49. The lowest BCUT2D eigenvalue weighted by molar-refractivity contribution is 0.102. The molecular weight excluding hydrogens is 410 g/mol. The van der Waals surface area contributed by atoms with Crippen LogP contribution in [-0.2, 0) is 11.3 Å². The zero-order valence-corrected chi connectivity index (χ0v) is 18.4.